The second-order valence-corrected chi connectivity index (χ2v) is 5.57. The fourth-order valence-electron chi connectivity index (χ4n) is 2.26. The minimum absolute atomic E-state index is 0.259. The maximum Gasteiger partial charge on any atom is 0.419 e. The third-order valence-corrected chi connectivity index (χ3v) is 3.57. The van der Waals surface area contributed by atoms with Crippen LogP contribution in [-0.2, 0) is 11.0 Å². The fraction of sp³-hybridized carbons (Fsp3) is 0.562. The van der Waals surface area contributed by atoms with Crippen molar-refractivity contribution in [1.82, 2.24) is 4.90 Å². The highest BCUT2D eigenvalue weighted by Gasteiger charge is 2.34. The topological polar surface area (TPSA) is 29.5 Å². The van der Waals surface area contributed by atoms with Crippen molar-refractivity contribution in [3.63, 3.8) is 0 Å². The van der Waals surface area contributed by atoms with E-state index in [0.717, 1.165) is 25.3 Å². The molecule has 2 rings (SSSR count). The number of carbonyl (C=O) groups excluding carboxylic acids is 1. The maximum atomic E-state index is 12.9. The van der Waals surface area contributed by atoms with Crippen LogP contribution in [0.5, 0.6) is 5.75 Å². The van der Waals surface area contributed by atoms with Gasteiger partial charge in [-0.15, -0.1) is 0 Å². The number of benzene rings is 1. The van der Waals surface area contributed by atoms with E-state index in [1.807, 2.05) is 6.92 Å². The molecular weight excluding hydrogens is 295 g/mol. The number of para-hydroxylation sites is 1. The highest BCUT2D eigenvalue weighted by molar-refractivity contribution is 5.77. The van der Waals surface area contributed by atoms with Crippen molar-refractivity contribution >= 4 is 5.91 Å². The first-order valence-corrected chi connectivity index (χ1v) is 7.48. The Morgan fingerprint density at radius 1 is 1.32 bits per heavy atom. The highest BCUT2D eigenvalue weighted by atomic mass is 19.4. The van der Waals surface area contributed by atoms with Gasteiger partial charge < -0.3 is 9.64 Å². The average molecular weight is 315 g/mol. The molecule has 0 spiro atoms. The molecule has 1 aliphatic rings. The molecule has 122 valence electrons. The summed E-state index contributed by atoms with van der Waals surface area (Å²) < 4.78 is 43.7. The van der Waals surface area contributed by atoms with Crippen LogP contribution in [-0.4, -0.2) is 30.5 Å². The summed E-state index contributed by atoms with van der Waals surface area (Å²) in [5.74, 6) is -0.0186. The second-order valence-electron chi connectivity index (χ2n) is 5.57. The number of ether oxygens (including phenoxy) is 1. The normalized spacial score (nSPS) is 14.7. The number of carbonyl (C=O) groups is 1. The summed E-state index contributed by atoms with van der Waals surface area (Å²) in [6.45, 7) is 2.89. The smallest absolute Gasteiger partial charge is 0.419 e. The van der Waals surface area contributed by atoms with E-state index in [-0.39, 0.29) is 18.3 Å². The largest absolute Gasteiger partial charge is 0.483 e. The molecule has 0 aromatic heterocycles. The van der Waals surface area contributed by atoms with E-state index in [0.29, 0.717) is 19.0 Å². The van der Waals surface area contributed by atoms with Crippen molar-refractivity contribution in [2.45, 2.75) is 32.4 Å². The Balaban J connectivity index is 1.97. The van der Waals surface area contributed by atoms with Gasteiger partial charge in [0.25, 0.3) is 5.91 Å². The van der Waals surface area contributed by atoms with Crippen molar-refractivity contribution in [3.8, 4) is 5.75 Å². The quantitative estimate of drug-likeness (QED) is 0.767. The number of nitrogens with zero attached hydrogens (tertiary/aromatic N) is 1. The highest BCUT2D eigenvalue weighted by Crippen LogP contribution is 2.36. The lowest BCUT2D eigenvalue weighted by molar-refractivity contribution is -0.141. The SMILES string of the molecule is CCCN(CC1CC1)C(=O)COc1ccccc1C(F)(F)F. The molecule has 6 heteroatoms. The van der Waals surface area contributed by atoms with Gasteiger partial charge in [-0.2, -0.15) is 13.2 Å². The minimum Gasteiger partial charge on any atom is -0.483 e. The van der Waals surface area contributed by atoms with Crippen LogP contribution in [0.25, 0.3) is 0 Å². The summed E-state index contributed by atoms with van der Waals surface area (Å²) in [5, 5.41) is 0. The third kappa shape index (κ3) is 4.64. The molecule has 22 heavy (non-hydrogen) atoms. The van der Waals surface area contributed by atoms with Crippen molar-refractivity contribution in [2.24, 2.45) is 5.92 Å². The summed E-state index contributed by atoms with van der Waals surface area (Å²) in [6, 6.07) is 4.95. The number of alkyl halides is 3. The molecule has 0 saturated heterocycles. The van der Waals surface area contributed by atoms with Crippen LogP contribution in [0, 0.1) is 5.92 Å². The molecule has 1 fully saturated rings. The van der Waals surface area contributed by atoms with E-state index in [1.54, 1.807) is 4.90 Å². The molecule has 1 aliphatic carbocycles. The predicted octanol–water partition coefficient (Wildman–Crippen LogP) is 3.73. The Kier molecular flexibility index (Phi) is 5.32. The molecule has 0 radical (unpaired) electrons. The molecule has 0 bridgehead atoms. The molecule has 0 atom stereocenters. The van der Waals surface area contributed by atoms with E-state index in [1.165, 1.54) is 18.2 Å². The van der Waals surface area contributed by atoms with Gasteiger partial charge in [-0.1, -0.05) is 19.1 Å². The van der Waals surface area contributed by atoms with Gasteiger partial charge in [0.05, 0.1) is 5.56 Å². The Bertz CT molecular complexity index is 512. The Labute approximate surface area is 128 Å². The van der Waals surface area contributed by atoms with Gasteiger partial charge >= 0.3 is 6.18 Å². The summed E-state index contributed by atoms with van der Waals surface area (Å²) in [5.41, 5.74) is -0.855. The molecular formula is C16H20F3NO2. The summed E-state index contributed by atoms with van der Waals surface area (Å²) in [6.07, 6.45) is -1.44. The molecule has 0 aliphatic heterocycles. The number of halogens is 3. The molecule has 1 aromatic carbocycles. The van der Waals surface area contributed by atoms with Gasteiger partial charge in [-0.3, -0.25) is 4.79 Å². The van der Waals surface area contributed by atoms with Crippen LogP contribution in [0.3, 0.4) is 0 Å². The number of hydrogen-bond donors (Lipinski definition) is 0. The first-order valence-electron chi connectivity index (χ1n) is 7.48. The van der Waals surface area contributed by atoms with E-state index in [2.05, 4.69) is 0 Å². The minimum atomic E-state index is -4.49. The van der Waals surface area contributed by atoms with Gasteiger partial charge in [-0.25, -0.2) is 0 Å². The fourth-order valence-corrected chi connectivity index (χ4v) is 2.26. The van der Waals surface area contributed by atoms with E-state index in [4.69, 9.17) is 4.74 Å². The Hall–Kier alpha value is -1.72. The zero-order valence-electron chi connectivity index (χ0n) is 12.5. The van der Waals surface area contributed by atoms with Gasteiger partial charge in [0.15, 0.2) is 6.61 Å². The monoisotopic (exact) mass is 315 g/mol. The van der Waals surface area contributed by atoms with Crippen molar-refractivity contribution < 1.29 is 22.7 Å². The summed E-state index contributed by atoms with van der Waals surface area (Å²) in [4.78, 5) is 13.8. The van der Waals surface area contributed by atoms with Crippen LogP contribution in [0.2, 0.25) is 0 Å². The van der Waals surface area contributed by atoms with Crippen LogP contribution in [0.4, 0.5) is 13.2 Å². The lowest BCUT2D eigenvalue weighted by Crippen LogP contribution is -2.37. The van der Waals surface area contributed by atoms with E-state index in [9.17, 15) is 18.0 Å². The number of rotatable bonds is 7. The van der Waals surface area contributed by atoms with Crippen LogP contribution in [0.15, 0.2) is 24.3 Å². The van der Waals surface area contributed by atoms with Crippen LogP contribution >= 0.6 is 0 Å². The maximum absolute atomic E-state index is 12.9. The molecule has 3 nitrogen and oxygen atoms in total. The molecule has 1 aromatic rings. The van der Waals surface area contributed by atoms with Gasteiger partial charge in [0, 0.05) is 13.1 Å². The van der Waals surface area contributed by atoms with Gasteiger partial charge in [-0.05, 0) is 37.3 Å². The lowest BCUT2D eigenvalue weighted by Gasteiger charge is -2.22. The lowest BCUT2D eigenvalue weighted by atomic mass is 10.2. The number of amides is 1. The molecule has 0 unspecified atom stereocenters. The Morgan fingerprint density at radius 2 is 2.00 bits per heavy atom. The average Bonchev–Trinajstić information content (AvgIpc) is 3.27. The van der Waals surface area contributed by atoms with Crippen molar-refractivity contribution in [2.75, 3.05) is 19.7 Å². The summed E-state index contributed by atoms with van der Waals surface area (Å²) >= 11 is 0. The third-order valence-electron chi connectivity index (χ3n) is 3.57. The molecule has 0 heterocycles. The van der Waals surface area contributed by atoms with Crippen LogP contribution < -0.4 is 4.74 Å². The zero-order chi connectivity index (χ0) is 16.2. The van der Waals surface area contributed by atoms with Crippen molar-refractivity contribution in [3.05, 3.63) is 29.8 Å². The van der Waals surface area contributed by atoms with Gasteiger partial charge in [0.1, 0.15) is 5.75 Å². The molecule has 1 saturated carbocycles. The second kappa shape index (κ2) is 7.03. The number of hydrogen-bond acceptors (Lipinski definition) is 2. The first-order chi connectivity index (χ1) is 10.4. The van der Waals surface area contributed by atoms with E-state index < -0.39 is 11.7 Å². The van der Waals surface area contributed by atoms with Gasteiger partial charge in [0.2, 0.25) is 0 Å². The Morgan fingerprint density at radius 3 is 2.59 bits per heavy atom. The first kappa shape index (κ1) is 16.6. The summed E-state index contributed by atoms with van der Waals surface area (Å²) in [7, 11) is 0. The van der Waals surface area contributed by atoms with E-state index >= 15 is 0 Å². The standard InChI is InChI=1S/C16H20F3NO2/c1-2-9-20(10-12-7-8-12)15(21)11-22-14-6-4-3-5-13(14)16(17,18)19/h3-6,12H,2,7-11H2,1H3. The predicted molar refractivity (Wildman–Crippen MR) is 76.5 cm³/mol. The molecule has 0 N–H and O–H groups in total. The van der Waals surface area contributed by atoms with Crippen molar-refractivity contribution in [1.29, 1.82) is 0 Å². The molecule has 1 amide bonds. The zero-order valence-corrected chi connectivity index (χ0v) is 12.5. The van der Waals surface area contributed by atoms with Crippen LogP contribution in [0.1, 0.15) is 31.7 Å².